The van der Waals surface area contributed by atoms with E-state index in [4.69, 9.17) is 26.6 Å². The molecule has 0 fully saturated rings. The van der Waals surface area contributed by atoms with Crippen LogP contribution in [0.4, 0.5) is 5.69 Å². The Morgan fingerprint density at radius 2 is 2.29 bits per heavy atom. The minimum Gasteiger partial charge on any atom is -0.398 e. The van der Waals surface area contributed by atoms with E-state index < -0.39 is 0 Å². The maximum Gasteiger partial charge on any atom is 0.258 e. The molecule has 0 atom stereocenters. The number of benzene rings is 1. The summed E-state index contributed by atoms with van der Waals surface area (Å²) in [5, 5.41) is 4.30. The Morgan fingerprint density at radius 1 is 1.47 bits per heavy atom. The van der Waals surface area contributed by atoms with Gasteiger partial charge in [-0.15, -0.1) is 0 Å². The quantitative estimate of drug-likeness (QED) is 0.848. The van der Waals surface area contributed by atoms with E-state index in [1.807, 2.05) is 6.92 Å². The van der Waals surface area contributed by atoms with Crippen molar-refractivity contribution in [3.05, 3.63) is 29.0 Å². The van der Waals surface area contributed by atoms with E-state index in [9.17, 15) is 0 Å². The number of aromatic nitrogens is 2. The van der Waals surface area contributed by atoms with Crippen LogP contribution in [0.25, 0.3) is 11.5 Å². The highest BCUT2D eigenvalue weighted by Crippen LogP contribution is 2.25. The van der Waals surface area contributed by atoms with E-state index in [0.717, 1.165) is 5.56 Å². The van der Waals surface area contributed by atoms with E-state index in [-0.39, 0.29) is 0 Å². The first-order valence-electron chi connectivity index (χ1n) is 5.16. The Kier molecular flexibility index (Phi) is 3.61. The number of anilines is 1. The van der Waals surface area contributed by atoms with Gasteiger partial charge in [0, 0.05) is 12.2 Å². The summed E-state index contributed by atoms with van der Waals surface area (Å²) in [6, 6.07) is 5.16. The normalized spacial score (nSPS) is 10.7. The molecule has 1 aromatic heterocycles. The zero-order valence-corrected chi connectivity index (χ0v) is 10.1. The van der Waals surface area contributed by atoms with Gasteiger partial charge in [0.1, 0.15) is 6.61 Å². The lowest BCUT2D eigenvalue weighted by atomic mass is 10.2. The van der Waals surface area contributed by atoms with Crippen molar-refractivity contribution in [2.24, 2.45) is 0 Å². The van der Waals surface area contributed by atoms with E-state index in [0.29, 0.717) is 35.6 Å². The monoisotopic (exact) mass is 253 g/mol. The summed E-state index contributed by atoms with van der Waals surface area (Å²) in [4.78, 5) is 4.19. The van der Waals surface area contributed by atoms with Gasteiger partial charge in [0.05, 0.1) is 10.7 Å². The summed E-state index contributed by atoms with van der Waals surface area (Å²) in [7, 11) is 0. The van der Waals surface area contributed by atoms with Gasteiger partial charge in [0.15, 0.2) is 5.82 Å². The molecule has 2 N–H and O–H groups in total. The zero-order chi connectivity index (χ0) is 12.3. The third-order valence-corrected chi connectivity index (χ3v) is 2.49. The van der Waals surface area contributed by atoms with Gasteiger partial charge < -0.3 is 15.0 Å². The molecule has 0 saturated heterocycles. The van der Waals surface area contributed by atoms with Gasteiger partial charge >= 0.3 is 0 Å². The predicted octanol–water partition coefficient (Wildman–Crippen LogP) is 2.51. The second-order valence-electron chi connectivity index (χ2n) is 3.39. The number of nitrogens with two attached hydrogens (primary N) is 1. The van der Waals surface area contributed by atoms with Crippen LogP contribution in [0.2, 0.25) is 5.02 Å². The number of hydrogen-bond donors (Lipinski definition) is 1. The van der Waals surface area contributed by atoms with Crippen LogP contribution in [0.1, 0.15) is 12.7 Å². The summed E-state index contributed by atoms with van der Waals surface area (Å²) in [6.07, 6.45) is 0. The number of ether oxygens (including phenoxy) is 1. The van der Waals surface area contributed by atoms with Gasteiger partial charge in [-0.1, -0.05) is 16.8 Å². The summed E-state index contributed by atoms with van der Waals surface area (Å²) in [5.74, 6) is 0.915. The molecule has 0 unspecified atom stereocenters. The summed E-state index contributed by atoms with van der Waals surface area (Å²) in [5.41, 5.74) is 6.92. The van der Waals surface area contributed by atoms with E-state index in [1.165, 1.54) is 0 Å². The Balaban J connectivity index is 2.21. The van der Waals surface area contributed by atoms with Gasteiger partial charge in [-0.25, -0.2) is 0 Å². The first-order chi connectivity index (χ1) is 8.20. The first kappa shape index (κ1) is 11.9. The largest absolute Gasteiger partial charge is 0.398 e. The Morgan fingerprint density at radius 3 is 3.00 bits per heavy atom. The minimum atomic E-state index is 0.336. The molecule has 6 heteroatoms. The SMILES string of the molecule is CCOCc1noc(-c2ccc(Cl)c(N)c2)n1. The Labute approximate surface area is 104 Å². The molecule has 0 radical (unpaired) electrons. The highest BCUT2D eigenvalue weighted by Gasteiger charge is 2.09. The van der Waals surface area contributed by atoms with Crippen LogP contribution in [0.3, 0.4) is 0 Å². The molecule has 1 heterocycles. The average molecular weight is 254 g/mol. The van der Waals surface area contributed by atoms with Crippen molar-refractivity contribution < 1.29 is 9.26 Å². The van der Waals surface area contributed by atoms with Crippen LogP contribution < -0.4 is 5.73 Å². The molecular weight excluding hydrogens is 242 g/mol. The maximum atomic E-state index is 5.83. The van der Waals surface area contributed by atoms with Crippen LogP contribution in [0, 0.1) is 0 Å². The van der Waals surface area contributed by atoms with Crippen molar-refractivity contribution >= 4 is 17.3 Å². The second-order valence-corrected chi connectivity index (χ2v) is 3.80. The molecule has 0 aliphatic rings. The summed E-state index contributed by atoms with van der Waals surface area (Å²) < 4.78 is 10.3. The fourth-order valence-electron chi connectivity index (χ4n) is 1.30. The van der Waals surface area contributed by atoms with Crippen LogP contribution in [0.5, 0.6) is 0 Å². The molecule has 0 aliphatic carbocycles. The van der Waals surface area contributed by atoms with Gasteiger partial charge in [0.2, 0.25) is 0 Å². The Bertz CT molecular complexity index is 513. The fourth-order valence-corrected chi connectivity index (χ4v) is 1.42. The molecule has 0 aliphatic heterocycles. The molecule has 2 aromatic rings. The fraction of sp³-hybridized carbons (Fsp3) is 0.273. The van der Waals surface area contributed by atoms with Crippen molar-refractivity contribution in [2.45, 2.75) is 13.5 Å². The number of hydrogen-bond acceptors (Lipinski definition) is 5. The van der Waals surface area contributed by atoms with E-state index >= 15 is 0 Å². The molecule has 0 bridgehead atoms. The number of rotatable bonds is 4. The maximum absolute atomic E-state index is 5.83. The topological polar surface area (TPSA) is 74.2 Å². The lowest BCUT2D eigenvalue weighted by Gasteiger charge is -1.98. The molecule has 0 saturated carbocycles. The van der Waals surface area contributed by atoms with Crippen LogP contribution in [0.15, 0.2) is 22.7 Å². The van der Waals surface area contributed by atoms with Gasteiger partial charge in [-0.05, 0) is 25.1 Å². The Hall–Kier alpha value is -1.59. The number of nitrogen functional groups attached to an aromatic ring is 1. The van der Waals surface area contributed by atoms with E-state index in [2.05, 4.69) is 10.1 Å². The third kappa shape index (κ3) is 2.75. The second kappa shape index (κ2) is 5.16. The lowest BCUT2D eigenvalue weighted by Crippen LogP contribution is -1.93. The summed E-state index contributed by atoms with van der Waals surface area (Å²) >= 11 is 5.83. The van der Waals surface area contributed by atoms with Crippen LogP contribution in [-0.2, 0) is 11.3 Å². The highest BCUT2D eigenvalue weighted by atomic mass is 35.5. The van der Waals surface area contributed by atoms with Crippen molar-refractivity contribution in [1.82, 2.24) is 10.1 Å². The van der Waals surface area contributed by atoms with Crippen molar-refractivity contribution in [1.29, 1.82) is 0 Å². The van der Waals surface area contributed by atoms with Gasteiger partial charge in [-0.2, -0.15) is 4.98 Å². The number of halogens is 1. The smallest absolute Gasteiger partial charge is 0.258 e. The van der Waals surface area contributed by atoms with E-state index in [1.54, 1.807) is 18.2 Å². The van der Waals surface area contributed by atoms with Gasteiger partial charge in [-0.3, -0.25) is 0 Å². The number of nitrogens with zero attached hydrogens (tertiary/aromatic N) is 2. The molecule has 1 aromatic carbocycles. The third-order valence-electron chi connectivity index (χ3n) is 2.15. The molecule has 90 valence electrons. The molecule has 5 nitrogen and oxygen atoms in total. The zero-order valence-electron chi connectivity index (χ0n) is 9.31. The van der Waals surface area contributed by atoms with Crippen LogP contribution in [-0.4, -0.2) is 16.7 Å². The molecule has 0 amide bonds. The lowest BCUT2D eigenvalue weighted by molar-refractivity contribution is 0.126. The average Bonchev–Trinajstić information content (AvgIpc) is 2.79. The standard InChI is InChI=1S/C11H12ClN3O2/c1-2-16-6-10-14-11(17-15-10)7-3-4-8(12)9(13)5-7/h3-5H,2,6,13H2,1H3. The van der Waals surface area contributed by atoms with Crippen LogP contribution >= 0.6 is 11.6 Å². The van der Waals surface area contributed by atoms with Crippen molar-refractivity contribution in [3.8, 4) is 11.5 Å². The predicted molar refractivity (Wildman–Crippen MR) is 64.5 cm³/mol. The van der Waals surface area contributed by atoms with Gasteiger partial charge in [0.25, 0.3) is 5.89 Å². The minimum absolute atomic E-state index is 0.336. The van der Waals surface area contributed by atoms with Crippen molar-refractivity contribution in [2.75, 3.05) is 12.3 Å². The molecule has 0 spiro atoms. The molecule has 17 heavy (non-hydrogen) atoms. The first-order valence-corrected chi connectivity index (χ1v) is 5.54. The summed E-state index contributed by atoms with van der Waals surface area (Å²) in [6.45, 7) is 2.85. The van der Waals surface area contributed by atoms with Crippen molar-refractivity contribution in [3.63, 3.8) is 0 Å². The molecular formula is C11H12ClN3O2. The molecule has 2 rings (SSSR count). The highest BCUT2D eigenvalue weighted by molar-refractivity contribution is 6.33.